The van der Waals surface area contributed by atoms with E-state index in [1.165, 1.54) is 6.26 Å². The van der Waals surface area contributed by atoms with E-state index in [1.54, 1.807) is 56.2 Å². The van der Waals surface area contributed by atoms with E-state index in [2.05, 4.69) is 24.5 Å². The molecule has 4 fully saturated rings. The molecule has 2 bridgehead atoms. The highest BCUT2D eigenvalue weighted by Crippen LogP contribution is 2.58. The minimum absolute atomic E-state index is 0.0258. The first-order valence-corrected chi connectivity index (χ1v) is 22.7. The largest absolute Gasteiger partial charge is 0.499 e. The van der Waals surface area contributed by atoms with Gasteiger partial charge in [0.25, 0.3) is 5.91 Å². The van der Waals surface area contributed by atoms with Crippen molar-refractivity contribution in [1.29, 1.82) is 0 Å². The quantitative estimate of drug-likeness (QED) is 0.0611. The Kier molecular flexibility index (Phi) is 16.4. The van der Waals surface area contributed by atoms with Crippen LogP contribution in [0.5, 0.6) is 0 Å². The summed E-state index contributed by atoms with van der Waals surface area (Å²) >= 11 is 0. The SMILES string of the molecule is CCCCCC1(CCCCC)O[C@@H]2[C@H](O1)[C@H]1ON(Cc3ccc(C=COCCO)cc3)[C@@H]3C(=O)O[C@@H]2C[C@]13C(=O)NCc1cccc(C(=O)N[C@H](CO)CCC(=O)OC(C)(C)C)c1. The minimum Gasteiger partial charge on any atom is -0.499 e. The molecule has 4 aliphatic rings. The number of amides is 2. The third-order valence-electron chi connectivity index (χ3n) is 12.2. The number of ether oxygens (including phenoxy) is 5. The summed E-state index contributed by atoms with van der Waals surface area (Å²) in [7, 11) is 0. The Morgan fingerprint density at radius 1 is 0.968 bits per heavy atom. The van der Waals surface area contributed by atoms with Crippen molar-refractivity contribution in [2.24, 2.45) is 5.41 Å². The number of carbonyl (C=O) groups excluding carboxylic acids is 4. The van der Waals surface area contributed by atoms with E-state index in [-0.39, 0.29) is 58.1 Å². The van der Waals surface area contributed by atoms with Crippen molar-refractivity contribution in [2.45, 2.75) is 166 Å². The first-order valence-electron chi connectivity index (χ1n) is 22.7. The van der Waals surface area contributed by atoms with Gasteiger partial charge in [-0.1, -0.05) is 75.9 Å². The summed E-state index contributed by atoms with van der Waals surface area (Å²) in [6.07, 6.45) is 8.05. The lowest BCUT2D eigenvalue weighted by molar-refractivity contribution is -0.224. The summed E-state index contributed by atoms with van der Waals surface area (Å²) in [6, 6.07) is 12.7. The van der Waals surface area contributed by atoms with Gasteiger partial charge >= 0.3 is 11.9 Å². The van der Waals surface area contributed by atoms with Gasteiger partial charge in [-0.2, -0.15) is 5.06 Å². The van der Waals surface area contributed by atoms with Gasteiger partial charge in [-0.05, 0) is 74.9 Å². The highest BCUT2D eigenvalue weighted by Gasteiger charge is 2.76. The van der Waals surface area contributed by atoms with Crippen LogP contribution in [0.15, 0.2) is 54.8 Å². The van der Waals surface area contributed by atoms with E-state index in [0.717, 1.165) is 49.7 Å². The number of hydroxylamine groups is 2. The van der Waals surface area contributed by atoms with Gasteiger partial charge in [-0.15, -0.1) is 0 Å². The predicted molar refractivity (Wildman–Crippen MR) is 232 cm³/mol. The highest BCUT2D eigenvalue weighted by atomic mass is 16.8. The maximum Gasteiger partial charge on any atom is 0.327 e. The number of nitrogens with one attached hydrogen (secondary N) is 2. The lowest BCUT2D eigenvalue weighted by Gasteiger charge is -2.48. The van der Waals surface area contributed by atoms with Crippen molar-refractivity contribution < 1.29 is 57.9 Å². The fourth-order valence-electron chi connectivity index (χ4n) is 9.19. The van der Waals surface area contributed by atoms with Gasteiger partial charge in [0.05, 0.1) is 32.1 Å². The lowest BCUT2D eigenvalue weighted by Crippen LogP contribution is -2.69. The Balaban J connectivity index is 1.23. The van der Waals surface area contributed by atoms with Crippen LogP contribution in [0.3, 0.4) is 0 Å². The number of hydrogen-bond donors (Lipinski definition) is 4. The Bertz CT molecular complexity index is 1890. The monoisotopic (exact) mass is 877 g/mol. The number of esters is 2. The second kappa shape index (κ2) is 21.5. The van der Waals surface area contributed by atoms with Crippen molar-refractivity contribution >= 4 is 29.8 Å². The first-order chi connectivity index (χ1) is 30.2. The molecule has 15 heteroatoms. The molecule has 0 aromatic heterocycles. The van der Waals surface area contributed by atoms with E-state index in [1.807, 2.05) is 24.3 Å². The second-order valence-corrected chi connectivity index (χ2v) is 18.2. The molecule has 3 heterocycles. The number of unbranched alkanes of at least 4 members (excludes halogenated alkanes) is 4. The van der Waals surface area contributed by atoms with Gasteiger partial charge in [0.2, 0.25) is 5.91 Å². The summed E-state index contributed by atoms with van der Waals surface area (Å²) < 4.78 is 30.7. The number of nitrogens with zero attached hydrogens (tertiary/aromatic N) is 1. The van der Waals surface area contributed by atoms with Gasteiger partial charge in [0.1, 0.15) is 42.0 Å². The van der Waals surface area contributed by atoms with Crippen molar-refractivity contribution in [3.8, 4) is 0 Å². The first kappa shape index (κ1) is 48.1. The second-order valence-electron chi connectivity index (χ2n) is 18.2. The Hall–Kier alpha value is -4.38. The van der Waals surface area contributed by atoms with E-state index in [9.17, 15) is 24.3 Å². The van der Waals surface area contributed by atoms with Crippen LogP contribution >= 0.6 is 0 Å². The summed E-state index contributed by atoms with van der Waals surface area (Å²) in [5.41, 5.74) is 0.622. The van der Waals surface area contributed by atoms with Crippen LogP contribution in [-0.2, 0) is 56.0 Å². The molecule has 4 N–H and O–H groups in total. The summed E-state index contributed by atoms with van der Waals surface area (Å²) in [4.78, 5) is 61.7. The molecular weight excluding hydrogens is 811 g/mol. The molecule has 63 heavy (non-hydrogen) atoms. The van der Waals surface area contributed by atoms with Crippen LogP contribution < -0.4 is 10.6 Å². The zero-order valence-corrected chi connectivity index (χ0v) is 37.5. The average Bonchev–Trinajstić information content (AvgIpc) is 3.81. The molecule has 0 unspecified atom stereocenters. The summed E-state index contributed by atoms with van der Waals surface area (Å²) in [5.74, 6) is -2.72. The van der Waals surface area contributed by atoms with Gasteiger partial charge in [0.15, 0.2) is 11.8 Å². The standard InChI is InChI=1S/C48H67N3O12/c1-6-8-10-22-47(23-11-9-7-2)61-39-37-28-48(45(57)49-29-34-13-12-14-35(27-34)43(55)50-36(31-53)19-20-38(54)60-46(3,4)5)41(44(56)59-37)51(63-42(48)40(39)62-47)30-33-17-15-32(16-18-33)21-25-58-26-24-52/h12-18,21,25,27,36-37,39-42,52-53H,6-11,19-20,22-24,26,28-31H2,1-5H3,(H,49,57)(H,50,55)/t36-,37+,39-,40-,41+,42+,48+/m0/s1. The molecule has 15 nitrogen and oxygen atoms in total. The molecule has 2 aromatic carbocycles. The van der Waals surface area contributed by atoms with Crippen LogP contribution in [0.25, 0.3) is 6.08 Å². The van der Waals surface area contributed by atoms with Gasteiger partial charge in [0, 0.05) is 37.8 Å². The van der Waals surface area contributed by atoms with Crippen LogP contribution in [0.2, 0.25) is 0 Å². The Morgan fingerprint density at radius 3 is 2.35 bits per heavy atom. The fraction of sp³-hybridized carbons (Fsp3) is 0.625. The topological polar surface area (TPSA) is 191 Å². The van der Waals surface area contributed by atoms with E-state index < -0.39 is 71.1 Å². The van der Waals surface area contributed by atoms with Gasteiger partial charge in [-0.25, -0.2) is 0 Å². The number of carbonyl (C=O) groups is 4. The van der Waals surface area contributed by atoms with Crippen molar-refractivity contribution in [1.82, 2.24) is 15.7 Å². The molecule has 346 valence electrons. The van der Waals surface area contributed by atoms with Crippen LogP contribution in [-0.4, -0.2) is 107 Å². The molecule has 1 saturated carbocycles. The third-order valence-corrected chi connectivity index (χ3v) is 12.2. The molecule has 1 aliphatic carbocycles. The van der Waals surface area contributed by atoms with Crippen LogP contribution in [0.4, 0.5) is 0 Å². The molecular formula is C48H67N3O12. The predicted octanol–water partition coefficient (Wildman–Crippen LogP) is 5.64. The molecule has 7 atom stereocenters. The zero-order chi connectivity index (χ0) is 45.2. The van der Waals surface area contributed by atoms with Crippen molar-refractivity contribution in [3.05, 3.63) is 77.0 Å². The molecule has 3 saturated heterocycles. The van der Waals surface area contributed by atoms with Gasteiger partial charge in [-0.3, -0.25) is 24.0 Å². The summed E-state index contributed by atoms with van der Waals surface area (Å²) in [5, 5.41) is 26.5. The number of fused-ring (bicyclic) bond motifs is 4. The van der Waals surface area contributed by atoms with E-state index in [0.29, 0.717) is 24.0 Å². The van der Waals surface area contributed by atoms with Crippen LogP contribution in [0.1, 0.15) is 132 Å². The maximum atomic E-state index is 15.0. The van der Waals surface area contributed by atoms with Gasteiger partial charge < -0.3 is 44.5 Å². The maximum absolute atomic E-state index is 15.0. The number of benzene rings is 2. The summed E-state index contributed by atoms with van der Waals surface area (Å²) in [6.45, 7) is 9.60. The minimum atomic E-state index is -1.39. The molecule has 2 aromatic rings. The number of hydrogen-bond acceptors (Lipinski definition) is 13. The van der Waals surface area contributed by atoms with Crippen molar-refractivity contribution in [2.75, 3.05) is 19.8 Å². The zero-order valence-electron chi connectivity index (χ0n) is 37.5. The Morgan fingerprint density at radius 2 is 1.68 bits per heavy atom. The molecule has 0 spiro atoms. The normalized spacial score (nSPS) is 25.3. The highest BCUT2D eigenvalue weighted by molar-refractivity contribution is 5.95. The van der Waals surface area contributed by atoms with Crippen molar-refractivity contribution in [3.63, 3.8) is 0 Å². The smallest absolute Gasteiger partial charge is 0.327 e. The van der Waals surface area contributed by atoms with E-state index in [4.69, 9.17) is 33.6 Å². The Labute approximate surface area is 371 Å². The molecule has 6 rings (SSSR count). The van der Waals surface area contributed by atoms with E-state index >= 15 is 0 Å². The molecule has 3 aliphatic heterocycles. The van der Waals surface area contributed by atoms with Crippen LogP contribution in [0, 0.1) is 5.41 Å². The average molecular weight is 878 g/mol. The fourth-order valence-corrected chi connectivity index (χ4v) is 9.19. The molecule has 2 amide bonds. The number of aliphatic hydroxyl groups excluding tert-OH is 2. The number of aliphatic hydroxyl groups is 2. The lowest BCUT2D eigenvalue weighted by atomic mass is 9.62. The number of rotatable bonds is 23. The molecule has 0 radical (unpaired) electrons. The third kappa shape index (κ3) is 11.7.